The number of aromatic nitrogens is 1. The first kappa shape index (κ1) is 9.17. The topological polar surface area (TPSA) is 62.7 Å². The van der Waals surface area contributed by atoms with Crippen LogP contribution in [0.1, 0.15) is 36.6 Å². The summed E-state index contributed by atoms with van der Waals surface area (Å²) in [5.74, 6) is 0.808. The first-order valence-electron chi connectivity index (χ1n) is 4.91. The van der Waals surface area contributed by atoms with Crippen LogP contribution < -0.4 is 5.73 Å². The van der Waals surface area contributed by atoms with Crippen molar-refractivity contribution >= 4 is 0 Å². The van der Waals surface area contributed by atoms with Crippen molar-refractivity contribution in [2.75, 3.05) is 0 Å². The number of nitriles is 1. The molecular weight excluding hydrogens is 174 g/mol. The lowest BCUT2D eigenvalue weighted by molar-refractivity contribution is 0.583. The summed E-state index contributed by atoms with van der Waals surface area (Å²) in [4.78, 5) is 4.18. The molecule has 1 aromatic heterocycles. The third-order valence-corrected chi connectivity index (χ3v) is 2.58. The van der Waals surface area contributed by atoms with Gasteiger partial charge in [0.05, 0.1) is 11.3 Å². The van der Waals surface area contributed by atoms with Crippen LogP contribution in [-0.2, 0) is 0 Å². The van der Waals surface area contributed by atoms with Crippen molar-refractivity contribution in [3.05, 3.63) is 29.6 Å². The fraction of sp³-hybridized carbons (Fsp3) is 0.455. The molecule has 1 fully saturated rings. The van der Waals surface area contributed by atoms with Gasteiger partial charge in [0.25, 0.3) is 0 Å². The van der Waals surface area contributed by atoms with E-state index < -0.39 is 0 Å². The Labute approximate surface area is 83.6 Å². The van der Waals surface area contributed by atoms with Gasteiger partial charge in [-0.3, -0.25) is 4.98 Å². The van der Waals surface area contributed by atoms with Crippen LogP contribution in [-0.4, -0.2) is 4.98 Å². The zero-order chi connectivity index (χ0) is 9.97. The molecule has 3 heteroatoms. The Balaban J connectivity index is 2.04. The van der Waals surface area contributed by atoms with E-state index in [1.165, 1.54) is 12.8 Å². The summed E-state index contributed by atoms with van der Waals surface area (Å²) < 4.78 is 0. The molecule has 0 aromatic carbocycles. The molecule has 0 aliphatic heterocycles. The molecule has 0 spiro atoms. The lowest BCUT2D eigenvalue weighted by atomic mass is 10.1. The molecule has 1 atom stereocenters. The summed E-state index contributed by atoms with van der Waals surface area (Å²) in [6, 6.07) is 5.71. The van der Waals surface area contributed by atoms with E-state index in [0.29, 0.717) is 5.56 Å². The van der Waals surface area contributed by atoms with Gasteiger partial charge in [-0.25, -0.2) is 0 Å². The lowest BCUT2D eigenvalue weighted by Crippen LogP contribution is -2.12. The Morgan fingerprint density at radius 1 is 1.57 bits per heavy atom. The smallest absolute Gasteiger partial charge is 0.101 e. The molecule has 1 aromatic rings. The standard InChI is InChI=1S/C11H13N3/c12-6-9-3-4-11(14-7-9)10(13)5-8-1-2-8/h3-4,7-8,10H,1-2,5,13H2. The van der Waals surface area contributed by atoms with Crippen LogP contribution in [0.3, 0.4) is 0 Å². The highest BCUT2D eigenvalue weighted by Crippen LogP contribution is 2.36. The second-order valence-corrected chi connectivity index (χ2v) is 3.87. The maximum absolute atomic E-state index is 8.60. The SMILES string of the molecule is N#Cc1ccc(C(N)CC2CC2)nc1. The van der Waals surface area contributed by atoms with Crippen LogP contribution in [0.5, 0.6) is 0 Å². The monoisotopic (exact) mass is 187 g/mol. The molecule has 1 unspecified atom stereocenters. The molecule has 2 rings (SSSR count). The highest BCUT2D eigenvalue weighted by atomic mass is 14.8. The minimum absolute atomic E-state index is 0.0373. The van der Waals surface area contributed by atoms with Crippen LogP contribution in [0.15, 0.2) is 18.3 Å². The second-order valence-electron chi connectivity index (χ2n) is 3.87. The molecule has 0 saturated heterocycles. The van der Waals surface area contributed by atoms with Crippen molar-refractivity contribution in [2.45, 2.75) is 25.3 Å². The highest BCUT2D eigenvalue weighted by molar-refractivity contribution is 5.27. The molecule has 3 nitrogen and oxygen atoms in total. The van der Waals surface area contributed by atoms with Crippen LogP contribution >= 0.6 is 0 Å². The number of pyridine rings is 1. The van der Waals surface area contributed by atoms with Crippen LogP contribution in [0.2, 0.25) is 0 Å². The van der Waals surface area contributed by atoms with E-state index >= 15 is 0 Å². The van der Waals surface area contributed by atoms with E-state index in [1.54, 1.807) is 12.3 Å². The van der Waals surface area contributed by atoms with Gasteiger partial charge in [-0.2, -0.15) is 5.26 Å². The van der Waals surface area contributed by atoms with Gasteiger partial charge in [0.2, 0.25) is 0 Å². The predicted octanol–water partition coefficient (Wildman–Crippen LogP) is 1.75. The van der Waals surface area contributed by atoms with Crippen LogP contribution in [0.4, 0.5) is 0 Å². The fourth-order valence-electron chi connectivity index (χ4n) is 1.52. The summed E-state index contributed by atoms with van der Waals surface area (Å²) in [5, 5.41) is 8.60. The maximum atomic E-state index is 8.60. The zero-order valence-electron chi connectivity index (χ0n) is 7.98. The van der Waals surface area contributed by atoms with E-state index in [-0.39, 0.29) is 6.04 Å². The number of hydrogen-bond donors (Lipinski definition) is 1. The molecule has 72 valence electrons. The van der Waals surface area contributed by atoms with E-state index in [9.17, 15) is 0 Å². The number of nitrogens with zero attached hydrogens (tertiary/aromatic N) is 2. The largest absolute Gasteiger partial charge is 0.323 e. The van der Waals surface area contributed by atoms with E-state index in [2.05, 4.69) is 4.98 Å². The number of hydrogen-bond acceptors (Lipinski definition) is 3. The van der Waals surface area contributed by atoms with Crippen molar-refractivity contribution in [2.24, 2.45) is 11.7 Å². The Bertz CT molecular complexity index is 346. The molecular formula is C11H13N3. The average Bonchev–Trinajstić information content (AvgIpc) is 3.02. The molecule has 1 aliphatic carbocycles. The summed E-state index contributed by atoms with van der Waals surface area (Å²) >= 11 is 0. The van der Waals surface area contributed by atoms with Crippen molar-refractivity contribution in [3.8, 4) is 6.07 Å². The first-order chi connectivity index (χ1) is 6.79. The maximum Gasteiger partial charge on any atom is 0.101 e. The van der Waals surface area contributed by atoms with Crippen LogP contribution in [0, 0.1) is 17.2 Å². The molecule has 0 bridgehead atoms. The Kier molecular flexibility index (Phi) is 2.47. The summed E-state index contributed by atoms with van der Waals surface area (Å²) in [6.07, 6.45) is 5.23. The van der Waals surface area contributed by atoms with Crippen molar-refractivity contribution in [3.63, 3.8) is 0 Å². The normalized spacial score (nSPS) is 17.4. The third kappa shape index (κ3) is 2.09. The minimum atomic E-state index is 0.0373. The van der Waals surface area contributed by atoms with Gasteiger partial charge >= 0.3 is 0 Å². The van der Waals surface area contributed by atoms with E-state index in [1.807, 2.05) is 12.1 Å². The van der Waals surface area contributed by atoms with E-state index in [0.717, 1.165) is 18.0 Å². The Morgan fingerprint density at radius 3 is 2.86 bits per heavy atom. The summed E-state index contributed by atoms with van der Waals surface area (Å²) in [5.41, 5.74) is 7.47. The molecule has 2 N–H and O–H groups in total. The Morgan fingerprint density at radius 2 is 2.36 bits per heavy atom. The highest BCUT2D eigenvalue weighted by Gasteiger charge is 2.24. The van der Waals surface area contributed by atoms with Gasteiger partial charge in [0.15, 0.2) is 0 Å². The van der Waals surface area contributed by atoms with Crippen molar-refractivity contribution in [1.82, 2.24) is 4.98 Å². The molecule has 1 heterocycles. The Hall–Kier alpha value is -1.40. The van der Waals surface area contributed by atoms with Gasteiger partial charge in [-0.1, -0.05) is 12.8 Å². The van der Waals surface area contributed by atoms with Crippen molar-refractivity contribution in [1.29, 1.82) is 5.26 Å². The predicted molar refractivity (Wildman–Crippen MR) is 53.2 cm³/mol. The lowest BCUT2D eigenvalue weighted by Gasteiger charge is -2.09. The van der Waals surface area contributed by atoms with Gasteiger partial charge in [-0.05, 0) is 24.5 Å². The van der Waals surface area contributed by atoms with Gasteiger partial charge in [0.1, 0.15) is 6.07 Å². The van der Waals surface area contributed by atoms with E-state index in [4.69, 9.17) is 11.0 Å². The molecule has 1 aliphatic rings. The quantitative estimate of drug-likeness (QED) is 0.784. The number of nitrogens with two attached hydrogens (primary N) is 1. The number of rotatable bonds is 3. The van der Waals surface area contributed by atoms with Crippen molar-refractivity contribution < 1.29 is 0 Å². The van der Waals surface area contributed by atoms with Gasteiger partial charge < -0.3 is 5.73 Å². The molecule has 1 saturated carbocycles. The first-order valence-corrected chi connectivity index (χ1v) is 4.91. The zero-order valence-corrected chi connectivity index (χ0v) is 7.98. The summed E-state index contributed by atoms with van der Waals surface area (Å²) in [6.45, 7) is 0. The second kappa shape index (κ2) is 3.77. The minimum Gasteiger partial charge on any atom is -0.323 e. The fourth-order valence-corrected chi connectivity index (χ4v) is 1.52. The molecule has 0 amide bonds. The van der Waals surface area contributed by atoms with Gasteiger partial charge in [-0.15, -0.1) is 0 Å². The van der Waals surface area contributed by atoms with Gasteiger partial charge in [0, 0.05) is 12.2 Å². The van der Waals surface area contributed by atoms with Crippen LogP contribution in [0.25, 0.3) is 0 Å². The molecule has 0 radical (unpaired) electrons. The average molecular weight is 187 g/mol. The molecule has 14 heavy (non-hydrogen) atoms. The third-order valence-electron chi connectivity index (χ3n) is 2.58. The summed E-state index contributed by atoms with van der Waals surface area (Å²) in [7, 11) is 0.